The van der Waals surface area contributed by atoms with Crippen LogP contribution in [0.3, 0.4) is 0 Å². The van der Waals surface area contributed by atoms with Crippen LogP contribution in [0.2, 0.25) is 0 Å². The average Bonchev–Trinajstić information content (AvgIpc) is 3.47. The molecule has 1 amide bonds. The van der Waals surface area contributed by atoms with Crippen LogP contribution in [-0.2, 0) is 22.7 Å². The number of amidine groups is 1. The van der Waals surface area contributed by atoms with Crippen LogP contribution in [0.25, 0.3) is 10.2 Å². The summed E-state index contributed by atoms with van der Waals surface area (Å²) in [5.74, 6) is -0.450. The first kappa shape index (κ1) is 24.2. The fraction of sp³-hybridized carbons (Fsp3) is 0.308. The number of amides is 1. The van der Waals surface area contributed by atoms with Crippen LogP contribution < -0.4 is 0 Å². The quantitative estimate of drug-likeness (QED) is 0.349. The van der Waals surface area contributed by atoms with Crippen molar-refractivity contribution in [2.75, 3.05) is 6.54 Å². The van der Waals surface area contributed by atoms with Crippen LogP contribution in [0.1, 0.15) is 47.5 Å². The summed E-state index contributed by atoms with van der Waals surface area (Å²) in [4.78, 5) is 30.9. The number of hydrogen-bond donors (Lipinski definition) is 0. The number of nitrogens with zero attached hydrogens (tertiary/aromatic N) is 6. The van der Waals surface area contributed by atoms with E-state index >= 15 is 0 Å². The molecule has 1 aliphatic rings. The molecule has 1 saturated heterocycles. The third kappa shape index (κ3) is 5.78. The number of carbonyl (C=O) groups excluding carboxylic acids is 1. The number of thiazole rings is 1. The van der Waals surface area contributed by atoms with Gasteiger partial charge in [0.15, 0.2) is 0 Å². The van der Waals surface area contributed by atoms with Crippen LogP contribution in [0.5, 0.6) is 0 Å². The smallest absolute Gasteiger partial charge is 0.316 e. The minimum absolute atomic E-state index is 0.0868. The Morgan fingerprint density at radius 1 is 1.37 bits per heavy atom. The Morgan fingerprint density at radius 2 is 2.14 bits per heavy atom. The Balaban J connectivity index is 1.43. The second-order valence-corrected chi connectivity index (χ2v) is 9.26. The van der Waals surface area contributed by atoms with Gasteiger partial charge in [-0.25, -0.2) is 9.98 Å². The fourth-order valence-electron chi connectivity index (χ4n) is 3.82. The molecule has 8 nitrogen and oxygen atoms in total. The Kier molecular flexibility index (Phi) is 7.63. The molecule has 1 aliphatic heterocycles. The van der Waals surface area contributed by atoms with Gasteiger partial charge in [0, 0.05) is 25.2 Å². The minimum atomic E-state index is -0.661. The number of fused-ring (bicyclic) bond motifs is 1. The molecular weight excluding hydrogens is 460 g/mol. The Morgan fingerprint density at radius 3 is 2.80 bits per heavy atom. The maximum atomic E-state index is 11.8. The van der Waals surface area contributed by atoms with E-state index in [1.165, 1.54) is 11.3 Å². The maximum absolute atomic E-state index is 11.8. The zero-order valence-electron chi connectivity index (χ0n) is 19.8. The van der Waals surface area contributed by atoms with Gasteiger partial charge in [0.2, 0.25) is 5.91 Å². The van der Waals surface area contributed by atoms with Gasteiger partial charge in [-0.3, -0.25) is 9.78 Å². The van der Waals surface area contributed by atoms with Crippen molar-refractivity contribution in [3.63, 3.8) is 0 Å². The monoisotopic (exact) mass is 486 g/mol. The standard InChI is InChI=1S/C26H26N6O2S/c1-4-21(20(13-27)25-30-22-14-29-17(2)12-23(22)35-25)31-26(28-3)34-16-19-9-7-18(8-10-19)15-32-11-5-6-24(32)33/h4,7-10,12,14,20H,3,5-6,11,15-16H2,1-2H3. The van der Waals surface area contributed by atoms with E-state index in [0.717, 1.165) is 40.0 Å². The van der Waals surface area contributed by atoms with E-state index in [0.29, 0.717) is 23.7 Å². The van der Waals surface area contributed by atoms with Crippen LogP contribution in [0.4, 0.5) is 0 Å². The van der Waals surface area contributed by atoms with Crippen LogP contribution in [0, 0.1) is 18.3 Å². The fourth-order valence-corrected chi connectivity index (χ4v) is 4.91. The summed E-state index contributed by atoms with van der Waals surface area (Å²) in [6.45, 7) is 9.00. The Bertz CT molecular complexity index is 1340. The molecule has 178 valence electrons. The molecule has 0 radical (unpaired) electrons. The van der Waals surface area contributed by atoms with Gasteiger partial charge in [-0.15, -0.1) is 11.3 Å². The van der Waals surface area contributed by atoms with Crippen molar-refractivity contribution in [3.05, 3.63) is 70.1 Å². The number of aryl methyl sites for hydroxylation is 1. The predicted molar refractivity (Wildman–Crippen MR) is 137 cm³/mol. The number of pyridine rings is 1. The normalized spacial score (nSPS) is 15.3. The molecule has 9 heteroatoms. The lowest BCUT2D eigenvalue weighted by molar-refractivity contribution is -0.128. The van der Waals surface area contributed by atoms with E-state index in [4.69, 9.17) is 4.74 Å². The molecular formula is C26H26N6O2S. The van der Waals surface area contributed by atoms with E-state index in [9.17, 15) is 10.1 Å². The van der Waals surface area contributed by atoms with E-state index < -0.39 is 5.92 Å². The number of rotatable bonds is 7. The number of hydrogen-bond acceptors (Lipinski definition) is 7. The maximum Gasteiger partial charge on any atom is 0.316 e. The van der Waals surface area contributed by atoms with Gasteiger partial charge in [0.1, 0.15) is 17.5 Å². The van der Waals surface area contributed by atoms with Gasteiger partial charge < -0.3 is 9.64 Å². The molecule has 0 aliphatic carbocycles. The van der Waals surface area contributed by atoms with Crippen molar-refractivity contribution in [2.45, 2.75) is 45.8 Å². The summed E-state index contributed by atoms with van der Waals surface area (Å²) in [5.41, 5.74) is 4.16. The zero-order valence-corrected chi connectivity index (χ0v) is 20.6. The van der Waals surface area contributed by atoms with Gasteiger partial charge in [-0.05, 0) is 44.2 Å². The zero-order chi connectivity index (χ0) is 24.8. The average molecular weight is 487 g/mol. The highest BCUT2D eigenvalue weighted by Crippen LogP contribution is 2.32. The van der Waals surface area contributed by atoms with Crippen molar-refractivity contribution >= 4 is 40.2 Å². The van der Waals surface area contributed by atoms with Crippen LogP contribution in [-0.4, -0.2) is 40.1 Å². The lowest BCUT2D eigenvalue weighted by atomic mass is 10.1. The Labute approximate surface area is 208 Å². The lowest BCUT2D eigenvalue weighted by Crippen LogP contribution is -2.23. The summed E-state index contributed by atoms with van der Waals surface area (Å²) in [5, 5.41) is 10.5. The summed E-state index contributed by atoms with van der Waals surface area (Å²) in [6.07, 6.45) is 5.04. The number of allylic oxidation sites excluding steroid dienone is 2. The molecule has 0 spiro atoms. The van der Waals surface area contributed by atoms with E-state index in [1.54, 1.807) is 12.3 Å². The first-order valence-corrected chi connectivity index (χ1v) is 12.1. The van der Waals surface area contributed by atoms with Gasteiger partial charge in [-0.1, -0.05) is 30.3 Å². The number of aromatic nitrogens is 2. The van der Waals surface area contributed by atoms with Gasteiger partial charge in [-0.2, -0.15) is 10.3 Å². The molecule has 3 heterocycles. The third-order valence-corrected chi connectivity index (χ3v) is 6.77. The molecule has 1 aromatic carbocycles. The number of ether oxygens (including phenoxy) is 1. The summed E-state index contributed by atoms with van der Waals surface area (Å²) in [6, 6.07) is 12.2. The van der Waals surface area contributed by atoms with Crippen molar-refractivity contribution in [2.24, 2.45) is 9.98 Å². The Hall–Kier alpha value is -3.90. The molecule has 0 saturated carbocycles. The van der Waals surface area contributed by atoms with Crippen molar-refractivity contribution in [1.29, 1.82) is 5.26 Å². The molecule has 35 heavy (non-hydrogen) atoms. The van der Waals surface area contributed by atoms with Crippen molar-refractivity contribution in [1.82, 2.24) is 14.9 Å². The molecule has 1 atom stereocenters. The van der Waals surface area contributed by atoms with Crippen molar-refractivity contribution in [3.8, 4) is 6.07 Å². The van der Waals surface area contributed by atoms with Crippen LogP contribution in [0.15, 0.2) is 58.3 Å². The molecule has 0 N–H and O–H groups in total. The molecule has 2 aromatic heterocycles. The number of aliphatic imine (C=N–C) groups is 2. The van der Waals surface area contributed by atoms with E-state index in [1.807, 2.05) is 49.1 Å². The lowest BCUT2D eigenvalue weighted by Gasteiger charge is -2.15. The van der Waals surface area contributed by atoms with Crippen molar-refractivity contribution < 1.29 is 9.53 Å². The molecule has 0 bridgehead atoms. The van der Waals surface area contributed by atoms with E-state index in [2.05, 4.69) is 32.7 Å². The second-order valence-electron chi connectivity index (χ2n) is 8.20. The number of nitriles is 1. The van der Waals surface area contributed by atoms with E-state index in [-0.39, 0.29) is 18.5 Å². The van der Waals surface area contributed by atoms with Gasteiger partial charge in [0.05, 0.1) is 28.2 Å². The largest absolute Gasteiger partial charge is 0.459 e. The highest BCUT2D eigenvalue weighted by atomic mass is 32.1. The molecule has 3 aromatic rings. The molecule has 1 fully saturated rings. The predicted octanol–water partition coefficient (Wildman–Crippen LogP) is 4.91. The van der Waals surface area contributed by atoms with Gasteiger partial charge in [0.25, 0.3) is 0 Å². The summed E-state index contributed by atoms with van der Waals surface area (Å²) in [7, 11) is 0. The highest BCUT2D eigenvalue weighted by molar-refractivity contribution is 7.18. The highest BCUT2D eigenvalue weighted by Gasteiger charge is 2.22. The number of likely N-dealkylation sites (tertiary alicyclic amines) is 1. The van der Waals surface area contributed by atoms with Gasteiger partial charge >= 0.3 is 6.02 Å². The minimum Gasteiger partial charge on any atom is -0.459 e. The number of carbonyl (C=O) groups is 1. The summed E-state index contributed by atoms with van der Waals surface area (Å²) >= 11 is 1.45. The summed E-state index contributed by atoms with van der Waals surface area (Å²) < 4.78 is 6.76. The topological polar surface area (TPSA) is 104 Å². The molecule has 1 unspecified atom stereocenters. The SMILES string of the molecule is C=NC(=NC(=CC)C(C#N)c1nc2cnc(C)cc2s1)OCc1ccc(CN2CCCC2=O)cc1. The molecule has 4 rings (SSSR count). The second kappa shape index (κ2) is 11.0. The first-order valence-electron chi connectivity index (χ1n) is 11.3. The third-order valence-electron chi connectivity index (χ3n) is 5.69. The van der Waals surface area contributed by atoms with Crippen LogP contribution >= 0.6 is 11.3 Å². The number of benzene rings is 1. The first-order chi connectivity index (χ1) is 17.0.